The van der Waals surface area contributed by atoms with Crippen molar-refractivity contribution in [1.82, 2.24) is 4.57 Å². The molecule has 0 spiro atoms. The first kappa shape index (κ1) is 17.3. The van der Waals surface area contributed by atoms with Gasteiger partial charge in [-0.25, -0.2) is 4.79 Å². The van der Waals surface area contributed by atoms with Crippen molar-refractivity contribution < 1.29 is 24.2 Å². The summed E-state index contributed by atoms with van der Waals surface area (Å²) in [6.45, 7) is 1.15. The summed E-state index contributed by atoms with van der Waals surface area (Å²) in [5.41, 5.74) is 0.742. The summed E-state index contributed by atoms with van der Waals surface area (Å²) in [5.74, 6) is -1.24. The molecular weight excluding hydrogens is 314 g/mol. The van der Waals surface area contributed by atoms with E-state index in [4.69, 9.17) is 9.47 Å². The number of benzene rings is 1. The molecule has 0 fully saturated rings. The van der Waals surface area contributed by atoms with Gasteiger partial charge in [0.05, 0.1) is 24.9 Å². The fourth-order valence-electron chi connectivity index (χ4n) is 2.25. The average Bonchev–Trinajstić information content (AvgIpc) is 2.55. The lowest BCUT2D eigenvalue weighted by Crippen LogP contribution is -2.25. The zero-order valence-electron chi connectivity index (χ0n) is 13.3. The van der Waals surface area contributed by atoms with Crippen LogP contribution in [0.5, 0.6) is 5.75 Å². The maximum atomic E-state index is 12.2. The second kappa shape index (κ2) is 7.45. The zero-order valence-corrected chi connectivity index (χ0v) is 13.3. The number of hydrogen-bond acceptors (Lipinski definition) is 6. The molecule has 0 unspecified atom stereocenters. The topological polar surface area (TPSA) is 94.8 Å². The van der Waals surface area contributed by atoms with Gasteiger partial charge < -0.3 is 19.1 Å². The van der Waals surface area contributed by atoms with Gasteiger partial charge in [0.25, 0.3) is 5.56 Å². The van der Waals surface area contributed by atoms with Crippen molar-refractivity contribution >= 4 is 11.9 Å². The molecule has 0 saturated carbocycles. The molecule has 0 bridgehead atoms. The third kappa shape index (κ3) is 4.01. The Morgan fingerprint density at radius 2 is 1.92 bits per heavy atom. The number of aromatic hydroxyl groups is 1. The van der Waals surface area contributed by atoms with Crippen molar-refractivity contribution in [3.63, 3.8) is 0 Å². The van der Waals surface area contributed by atoms with Gasteiger partial charge in [0, 0.05) is 19.1 Å². The Bertz CT molecular complexity index is 824. The minimum absolute atomic E-state index is 0.0704. The van der Waals surface area contributed by atoms with E-state index in [0.29, 0.717) is 16.8 Å². The number of aromatic nitrogens is 1. The number of carbonyl (C=O) groups is 2. The van der Waals surface area contributed by atoms with Gasteiger partial charge in [-0.15, -0.1) is 0 Å². The SMILES string of the molecule is COC(=O)c1ccccc1Cn1c(COC(C)=O)cc(O)cc1=O. The number of methoxy groups -OCH3 is 1. The van der Waals surface area contributed by atoms with Crippen molar-refractivity contribution in [2.24, 2.45) is 0 Å². The number of ether oxygens (including phenoxy) is 2. The molecule has 7 nitrogen and oxygen atoms in total. The Kier molecular flexibility index (Phi) is 5.36. The molecule has 1 aromatic carbocycles. The van der Waals surface area contributed by atoms with Gasteiger partial charge in [0.1, 0.15) is 12.4 Å². The number of rotatable bonds is 5. The van der Waals surface area contributed by atoms with Crippen molar-refractivity contribution in [3.05, 3.63) is 63.6 Å². The average molecular weight is 331 g/mol. The largest absolute Gasteiger partial charge is 0.508 e. The molecule has 0 aliphatic carbocycles. The first-order valence-corrected chi connectivity index (χ1v) is 7.14. The number of hydrogen-bond donors (Lipinski definition) is 1. The quantitative estimate of drug-likeness (QED) is 0.833. The molecule has 2 aromatic rings. The first-order valence-electron chi connectivity index (χ1n) is 7.14. The van der Waals surface area contributed by atoms with E-state index < -0.39 is 17.5 Å². The molecule has 2 rings (SSSR count). The smallest absolute Gasteiger partial charge is 0.338 e. The first-order chi connectivity index (χ1) is 11.4. The van der Waals surface area contributed by atoms with Gasteiger partial charge in [-0.3, -0.25) is 9.59 Å². The Morgan fingerprint density at radius 3 is 2.58 bits per heavy atom. The minimum Gasteiger partial charge on any atom is -0.508 e. The normalized spacial score (nSPS) is 10.2. The molecule has 0 saturated heterocycles. The molecule has 1 N–H and O–H groups in total. The second-order valence-corrected chi connectivity index (χ2v) is 5.06. The second-order valence-electron chi connectivity index (χ2n) is 5.06. The van der Waals surface area contributed by atoms with E-state index in [1.54, 1.807) is 24.3 Å². The fraction of sp³-hybridized carbons (Fsp3) is 0.235. The summed E-state index contributed by atoms with van der Waals surface area (Å²) in [6, 6.07) is 9.11. The molecule has 24 heavy (non-hydrogen) atoms. The molecule has 7 heteroatoms. The van der Waals surface area contributed by atoms with Crippen LogP contribution in [-0.4, -0.2) is 28.7 Å². The van der Waals surface area contributed by atoms with Gasteiger partial charge in [-0.2, -0.15) is 0 Å². The van der Waals surface area contributed by atoms with Crippen LogP contribution in [0.15, 0.2) is 41.2 Å². The highest BCUT2D eigenvalue weighted by molar-refractivity contribution is 5.90. The van der Waals surface area contributed by atoms with E-state index in [1.807, 2.05) is 0 Å². The Labute approximate surface area is 138 Å². The van der Waals surface area contributed by atoms with Gasteiger partial charge in [-0.05, 0) is 11.6 Å². The van der Waals surface area contributed by atoms with Crippen LogP contribution in [0.4, 0.5) is 0 Å². The summed E-state index contributed by atoms with van der Waals surface area (Å²) < 4.78 is 11.0. The molecule has 1 aromatic heterocycles. The molecule has 0 radical (unpaired) electrons. The van der Waals surface area contributed by atoms with E-state index in [1.165, 1.54) is 24.7 Å². The number of esters is 2. The maximum absolute atomic E-state index is 12.2. The van der Waals surface area contributed by atoms with Crippen LogP contribution in [0.2, 0.25) is 0 Å². The van der Waals surface area contributed by atoms with Crippen LogP contribution in [0, 0.1) is 0 Å². The summed E-state index contributed by atoms with van der Waals surface area (Å²) in [4.78, 5) is 35.1. The summed E-state index contributed by atoms with van der Waals surface area (Å²) in [5, 5.41) is 9.60. The lowest BCUT2D eigenvalue weighted by molar-refractivity contribution is -0.142. The van der Waals surface area contributed by atoms with E-state index >= 15 is 0 Å². The highest BCUT2D eigenvalue weighted by Crippen LogP contribution is 2.15. The van der Waals surface area contributed by atoms with Gasteiger partial charge in [-0.1, -0.05) is 18.2 Å². The number of carbonyl (C=O) groups excluding carboxylic acids is 2. The molecule has 0 atom stereocenters. The van der Waals surface area contributed by atoms with Crippen molar-refractivity contribution in [1.29, 1.82) is 0 Å². The van der Waals surface area contributed by atoms with Crippen molar-refractivity contribution in [3.8, 4) is 5.75 Å². The van der Waals surface area contributed by atoms with Crippen LogP contribution in [0.3, 0.4) is 0 Å². The van der Waals surface area contributed by atoms with E-state index in [0.717, 1.165) is 6.07 Å². The third-order valence-electron chi connectivity index (χ3n) is 3.37. The molecule has 0 amide bonds. The maximum Gasteiger partial charge on any atom is 0.338 e. The monoisotopic (exact) mass is 331 g/mol. The van der Waals surface area contributed by atoms with Crippen LogP contribution < -0.4 is 5.56 Å². The molecule has 0 aliphatic heterocycles. The lowest BCUT2D eigenvalue weighted by atomic mass is 10.1. The van der Waals surface area contributed by atoms with Crippen LogP contribution >= 0.6 is 0 Å². The molecule has 0 aliphatic rings. The van der Waals surface area contributed by atoms with Crippen LogP contribution in [0.1, 0.15) is 28.5 Å². The zero-order chi connectivity index (χ0) is 17.7. The van der Waals surface area contributed by atoms with E-state index in [2.05, 4.69) is 0 Å². The fourth-order valence-corrected chi connectivity index (χ4v) is 2.25. The minimum atomic E-state index is -0.515. The Morgan fingerprint density at radius 1 is 1.21 bits per heavy atom. The number of pyridine rings is 1. The summed E-state index contributed by atoms with van der Waals surface area (Å²) in [6.07, 6.45) is 0. The Balaban J connectivity index is 2.45. The summed E-state index contributed by atoms with van der Waals surface area (Å²) in [7, 11) is 1.28. The van der Waals surface area contributed by atoms with E-state index in [9.17, 15) is 19.5 Å². The summed E-state index contributed by atoms with van der Waals surface area (Å²) >= 11 is 0. The van der Waals surface area contributed by atoms with Crippen molar-refractivity contribution in [2.75, 3.05) is 7.11 Å². The Hall–Kier alpha value is -3.09. The highest BCUT2D eigenvalue weighted by Gasteiger charge is 2.14. The van der Waals surface area contributed by atoms with Gasteiger partial charge in [0.2, 0.25) is 0 Å². The van der Waals surface area contributed by atoms with Crippen LogP contribution in [0.25, 0.3) is 0 Å². The predicted octanol–water partition coefficient (Wildman–Crippen LogP) is 1.45. The lowest BCUT2D eigenvalue weighted by Gasteiger charge is -2.15. The standard InChI is InChI=1S/C17H17NO6/c1-11(19)24-10-13-7-14(20)8-16(21)18(13)9-12-5-3-4-6-15(12)17(22)23-2/h3-8,20H,9-10H2,1-2H3. The predicted molar refractivity (Wildman–Crippen MR) is 84.7 cm³/mol. The van der Waals surface area contributed by atoms with Crippen molar-refractivity contribution in [2.45, 2.75) is 20.1 Å². The molecule has 126 valence electrons. The van der Waals surface area contributed by atoms with E-state index in [-0.39, 0.29) is 18.9 Å². The van der Waals surface area contributed by atoms with Gasteiger partial charge >= 0.3 is 11.9 Å². The molecule has 1 heterocycles. The van der Waals surface area contributed by atoms with Gasteiger partial charge in [0.15, 0.2) is 0 Å². The van der Waals surface area contributed by atoms with Crippen LogP contribution in [-0.2, 0) is 27.4 Å². The third-order valence-corrected chi connectivity index (χ3v) is 3.37. The molecular formula is C17H17NO6. The highest BCUT2D eigenvalue weighted by atomic mass is 16.5. The number of nitrogens with zero attached hydrogens (tertiary/aromatic N) is 1.